The molecule has 3 heteroatoms. The van der Waals surface area contributed by atoms with E-state index < -0.39 is 0 Å². The Morgan fingerprint density at radius 1 is 1.44 bits per heavy atom. The Morgan fingerprint density at radius 2 is 2.33 bits per heavy atom. The SMILES string of the molecule is CC1CCCN(C(C)CNCc2cccs2)CC1. The maximum absolute atomic E-state index is 3.59. The molecule has 2 rings (SSSR count). The zero-order valence-corrected chi connectivity index (χ0v) is 12.5. The minimum Gasteiger partial charge on any atom is -0.310 e. The van der Waals surface area contributed by atoms with Gasteiger partial charge in [-0.25, -0.2) is 0 Å². The number of hydrogen-bond acceptors (Lipinski definition) is 3. The first-order valence-electron chi connectivity index (χ1n) is 7.23. The van der Waals surface area contributed by atoms with Crippen molar-refractivity contribution in [3.63, 3.8) is 0 Å². The molecule has 1 aromatic heterocycles. The van der Waals surface area contributed by atoms with Gasteiger partial charge in [-0.2, -0.15) is 0 Å². The number of hydrogen-bond donors (Lipinski definition) is 1. The molecular formula is C15H26N2S. The molecule has 1 saturated heterocycles. The Bertz CT molecular complexity index is 323. The van der Waals surface area contributed by atoms with Gasteiger partial charge in [-0.15, -0.1) is 11.3 Å². The molecule has 2 unspecified atom stereocenters. The third-order valence-electron chi connectivity index (χ3n) is 3.99. The lowest BCUT2D eigenvalue weighted by atomic mass is 10.0. The minimum atomic E-state index is 0.662. The average Bonchev–Trinajstić information content (AvgIpc) is 2.77. The first kappa shape index (κ1) is 14.0. The van der Waals surface area contributed by atoms with Crippen LogP contribution >= 0.6 is 11.3 Å². The Morgan fingerprint density at radius 3 is 3.11 bits per heavy atom. The lowest BCUT2D eigenvalue weighted by Crippen LogP contribution is -2.40. The Labute approximate surface area is 115 Å². The summed E-state index contributed by atoms with van der Waals surface area (Å²) in [4.78, 5) is 4.09. The maximum atomic E-state index is 3.59. The topological polar surface area (TPSA) is 15.3 Å². The molecule has 0 aliphatic carbocycles. The first-order valence-corrected chi connectivity index (χ1v) is 8.11. The second-order valence-electron chi connectivity index (χ2n) is 5.63. The zero-order valence-electron chi connectivity index (χ0n) is 11.7. The predicted molar refractivity (Wildman–Crippen MR) is 80.1 cm³/mol. The second-order valence-corrected chi connectivity index (χ2v) is 6.66. The van der Waals surface area contributed by atoms with Crippen molar-refractivity contribution in [2.45, 2.75) is 45.7 Å². The summed E-state index contributed by atoms with van der Waals surface area (Å²) < 4.78 is 0. The van der Waals surface area contributed by atoms with E-state index in [4.69, 9.17) is 0 Å². The summed E-state index contributed by atoms with van der Waals surface area (Å²) in [5.41, 5.74) is 0. The van der Waals surface area contributed by atoms with Crippen LogP contribution in [0.5, 0.6) is 0 Å². The van der Waals surface area contributed by atoms with Crippen molar-refractivity contribution in [2.75, 3.05) is 19.6 Å². The second kappa shape index (κ2) is 7.27. The third-order valence-corrected chi connectivity index (χ3v) is 4.87. The van der Waals surface area contributed by atoms with Crippen molar-refractivity contribution >= 4 is 11.3 Å². The van der Waals surface area contributed by atoms with Crippen molar-refractivity contribution in [3.8, 4) is 0 Å². The van der Waals surface area contributed by atoms with Crippen LogP contribution in [0.25, 0.3) is 0 Å². The smallest absolute Gasteiger partial charge is 0.0300 e. The number of likely N-dealkylation sites (tertiary alicyclic amines) is 1. The van der Waals surface area contributed by atoms with Crippen LogP contribution in [0.3, 0.4) is 0 Å². The summed E-state index contributed by atoms with van der Waals surface area (Å²) in [5.74, 6) is 0.918. The van der Waals surface area contributed by atoms with Gasteiger partial charge in [0.05, 0.1) is 0 Å². The molecular weight excluding hydrogens is 240 g/mol. The van der Waals surface area contributed by atoms with E-state index in [-0.39, 0.29) is 0 Å². The van der Waals surface area contributed by atoms with Crippen LogP contribution in [-0.4, -0.2) is 30.6 Å². The summed E-state index contributed by atoms with van der Waals surface area (Å²) in [6.45, 7) is 9.44. The van der Waals surface area contributed by atoms with E-state index >= 15 is 0 Å². The van der Waals surface area contributed by atoms with Crippen molar-refractivity contribution < 1.29 is 0 Å². The third kappa shape index (κ3) is 4.38. The molecule has 1 N–H and O–H groups in total. The largest absolute Gasteiger partial charge is 0.310 e. The monoisotopic (exact) mass is 266 g/mol. The van der Waals surface area contributed by atoms with Crippen LogP contribution in [-0.2, 0) is 6.54 Å². The average molecular weight is 266 g/mol. The summed E-state index contributed by atoms with van der Waals surface area (Å²) in [7, 11) is 0. The van der Waals surface area contributed by atoms with Crippen LogP contribution in [0.4, 0.5) is 0 Å². The highest BCUT2D eigenvalue weighted by Gasteiger charge is 2.17. The Hall–Kier alpha value is -0.380. The molecule has 0 spiro atoms. The summed E-state index contributed by atoms with van der Waals surface area (Å²) in [6.07, 6.45) is 4.15. The van der Waals surface area contributed by atoms with E-state index in [0.717, 1.165) is 19.0 Å². The fourth-order valence-electron chi connectivity index (χ4n) is 2.67. The molecule has 102 valence electrons. The lowest BCUT2D eigenvalue weighted by Gasteiger charge is -2.27. The Kier molecular flexibility index (Phi) is 5.67. The molecule has 2 heterocycles. The molecule has 1 aliphatic heterocycles. The molecule has 18 heavy (non-hydrogen) atoms. The van der Waals surface area contributed by atoms with E-state index in [9.17, 15) is 0 Å². The standard InChI is InChI=1S/C15H26N2S/c1-13-5-3-8-17(9-7-13)14(2)11-16-12-15-6-4-10-18-15/h4,6,10,13-14,16H,3,5,7-9,11-12H2,1-2H3. The molecule has 0 radical (unpaired) electrons. The fraction of sp³-hybridized carbons (Fsp3) is 0.733. The first-order chi connectivity index (χ1) is 8.75. The highest BCUT2D eigenvalue weighted by Crippen LogP contribution is 2.18. The Balaban J connectivity index is 1.68. The van der Waals surface area contributed by atoms with Gasteiger partial charge < -0.3 is 5.32 Å². The van der Waals surface area contributed by atoms with Gasteiger partial charge in [0.2, 0.25) is 0 Å². The molecule has 0 bridgehead atoms. The van der Waals surface area contributed by atoms with Crippen LogP contribution in [0.2, 0.25) is 0 Å². The highest BCUT2D eigenvalue weighted by molar-refractivity contribution is 7.09. The zero-order chi connectivity index (χ0) is 12.8. The number of rotatable bonds is 5. The van der Waals surface area contributed by atoms with Crippen molar-refractivity contribution in [2.24, 2.45) is 5.92 Å². The maximum Gasteiger partial charge on any atom is 0.0300 e. The van der Waals surface area contributed by atoms with Crippen molar-refractivity contribution in [3.05, 3.63) is 22.4 Å². The van der Waals surface area contributed by atoms with Crippen LogP contribution < -0.4 is 5.32 Å². The molecule has 0 amide bonds. The van der Waals surface area contributed by atoms with Gasteiger partial charge in [-0.3, -0.25) is 4.90 Å². The van der Waals surface area contributed by atoms with E-state index in [1.807, 2.05) is 11.3 Å². The quantitative estimate of drug-likeness (QED) is 0.879. The number of thiophene rings is 1. The molecule has 1 aliphatic rings. The van der Waals surface area contributed by atoms with Crippen LogP contribution in [0, 0.1) is 5.92 Å². The van der Waals surface area contributed by atoms with Crippen LogP contribution in [0.15, 0.2) is 17.5 Å². The van der Waals surface area contributed by atoms with Gasteiger partial charge >= 0.3 is 0 Å². The molecule has 0 aromatic carbocycles. The van der Waals surface area contributed by atoms with Gasteiger partial charge in [0.25, 0.3) is 0 Å². The van der Waals surface area contributed by atoms with Gasteiger partial charge in [-0.1, -0.05) is 13.0 Å². The molecule has 2 nitrogen and oxygen atoms in total. The summed E-state index contributed by atoms with van der Waals surface area (Å²) >= 11 is 1.84. The summed E-state index contributed by atoms with van der Waals surface area (Å²) in [6, 6.07) is 4.99. The van der Waals surface area contributed by atoms with E-state index in [1.54, 1.807) is 0 Å². The molecule has 1 fully saturated rings. The van der Waals surface area contributed by atoms with Gasteiger partial charge in [0, 0.05) is 24.0 Å². The van der Waals surface area contributed by atoms with Crippen LogP contribution in [0.1, 0.15) is 38.0 Å². The highest BCUT2D eigenvalue weighted by atomic mass is 32.1. The van der Waals surface area contributed by atoms with Crippen molar-refractivity contribution in [1.29, 1.82) is 0 Å². The minimum absolute atomic E-state index is 0.662. The molecule has 2 atom stereocenters. The number of nitrogens with one attached hydrogen (secondary N) is 1. The number of nitrogens with zero attached hydrogens (tertiary/aromatic N) is 1. The summed E-state index contributed by atoms with van der Waals surface area (Å²) in [5, 5.41) is 5.73. The predicted octanol–water partition coefficient (Wildman–Crippen LogP) is 3.35. The van der Waals surface area contributed by atoms with Gasteiger partial charge in [-0.05, 0) is 56.6 Å². The lowest BCUT2D eigenvalue weighted by molar-refractivity contribution is 0.210. The van der Waals surface area contributed by atoms with Crippen molar-refractivity contribution in [1.82, 2.24) is 10.2 Å². The van der Waals surface area contributed by atoms with Gasteiger partial charge in [0.15, 0.2) is 0 Å². The molecule has 0 saturated carbocycles. The van der Waals surface area contributed by atoms with E-state index in [0.29, 0.717) is 6.04 Å². The van der Waals surface area contributed by atoms with E-state index in [2.05, 4.69) is 41.6 Å². The van der Waals surface area contributed by atoms with E-state index in [1.165, 1.54) is 37.2 Å². The molecule has 1 aromatic rings. The van der Waals surface area contributed by atoms with Gasteiger partial charge in [0.1, 0.15) is 0 Å². The normalized spacial score (nSPS) is 23.8. The fourth-order valence-corrected chi connectivity index (χ4v) is 3.35.